The molecule has 2 heteroatoms. The molecule has 0 radical (unpaired) electrons. The monoisotopic (exact) mass is 183 g/mol. The molecule has 0 aromatic heterocycles. The van der Waals surface area contributed by atoms with Gasteiger partial charge in [-0.2, -0.15) is 0 Å². The Morgan fingerprint density at radius 2 is 1.77 bits per heavy atom. The third kappa shape index (κ3) is 2.44. The third-order valence-corrected chi connectivity index (χ3v) is 3.68. The number of aliphatic hydroxyl groups is 1. The number of nitrogens with one attached hydrogen (secondary N) is 1. The maximum atomic E-state index is 10.3. The second-order valence-electron chi connectivity index (χ2n) is 4.83. The Morgan fingerprint density at radius 1 is 1.15 bits per heavy atom. The number of rotatable bonds is 2. The van der Waals surface area contributed by atoms with Gasteiger partial charge in [0.15, 0.2) is 0 Å². The number of hydrogen-bond donors (Lipinski definition) is 2. The molecule has 0 atom stereocenters. The third-order valence-electron chi connectivity index (χ3n) is 3.68. The van der Waals surface area contributed by atoms with Crippen LogP contribution in [0.1, 0.15) is 44.9 Å². The lowest BCUT2D eigenvalue weighted by atomic mass is 9.83. The Morgan fingerprint density at radius 3 is 2.38 bits per heavy atom. The highest BCUT2D eigenvalue weighted by molar-refractivity contribution is 4.87. The van der Waals surface area contributed by atoms with Crippen molar-refractivity contribution in [2.75, 3.05) is 13.1 Å². The van der Waals surface area contributed by atoms with E-state index in [1.54, 1.807) is 0 Å². The minimum atomic E-state index is -0.319. The van der Waals surface area contributed by atoms with E-state index in [9.17, 15) is 5.11 Å². The van der Waals surface area contributed by atoms with Crippen LogP contribution < -0.4 is 5.32 Å². The van der Waals surface area contributed by atoms with Crippen molar-refractivity contribution in [3.63, 3.8) is 0 Å². The summed E-state index contributed by atoms with van der Waals surface area (Å²) in [5, 5.41) is 13.6. The molecular formula is C11H21NO. The molecule has 2 nitrogen and oxygen atoms in total. The molecule has 0 amide bonds. The molecule has 1 aliphatic heterocycles. The first kappa shape index (κ1) is 9.47. The van der Waals surface area contributed by atoms with E-state index in [1.807, 2.05) is 0 Å². The molecule has 2 aliphatic rings. The number of hydrogen-bond acceptors (Lipinski definition) is 2. The van der Waals surface area contributed by atoms with E-state index in [-0.39, 0.29) is 5.60 Å². The summed E-state index contributed by atoms with van der Waals surface area (Å²) in [6, 6.07) is 0. The maximum Gasteiger partial charge on any atom is 0.0674 e. The molecule has 0 unspecified atom stereocenters. The molecule has 76 valence electrons. The van der Waals surface area contributed by atoms with Gasteiger partial charge in [-0.3, -0.25) is 0 Å². The van der Waals surface area contributed by atoms with Gasteiger partial charge in [0, 0.05) is 0 Å². The zero-order valence-corrected chi connectivity index (χ0v) is 8.39. The van der Waals surface area contributed by atoms with Crippen LogP contribution in [0, 0.1) is 5.92 Å². The molecule has 0 bridgehead atoms. The van der Waals surface area contributed by atoms with Crippen molar-refractivity contribution in [1.29, 1.82) is 0 Å². The Labute approximate surface area is 80.7 Å². The van der Waals surface area contributed by atoms with Crippen molar-refractivity contribution in [2.45, 2.75) is 50.5 Å². The first-order chi connectivity index (χ1) is 6.29. The van der Waals surface area contributed by atoms with E-state index in [4.69, 9.17) is 0 Å². The molecule has 1 heterocycles. The fourth-order valence-corrected chi connectivity index (χ4v) is 2.85. The zero-order chi connectivity index (χ0) is 9.15. The van der Waals surface area contributed by atoms with Crippen LogP contribution >= 0.6 is 0 Å². The molecule has 0 aromatic carbocycles. The first-order valence-corrected chi connectivity index (χ1v) is 5.72. The van der Waals surface area contributed by atoms with Crippen LogP contribution in [0.2, 0.25) is 0 Å². The molecule has 13 heavy (non-hydrogen) atoms. The highest BCUT2D eigenvalue weighted by Gasteiger charge is 2.32. The Kier molecular flexibility index (Phi) is 2.89. The second-order valence-corrected chi connectivity index (χ2v) is 4.83. The van der Waals surface area contributed by atoms with Gasteiger partial charge in [0.25, 0.3) is 0 Å². The summed E-state index contributed by atoms with van der Waals surface area (Å²) >= 11 is 0. The highest BCUT2D eigenvalue weighted by Crippen LogP contribution is 2.35. The van der Waals surface area contributed by atoms with Gasteiger partial charge in [0.05, 0.1) is 5.60 Å². The van der Waals surface area contributed by atoms with Crippen LogP contribution in [0.25, 0.3) is 0 Å². The summed E-state index contributed by atoms with van der Waals surface area (Å²) < 4.78 is 0. The normalized spacial score (nSPS) is 29.3. The predicted octanol–water partition coefficient (Wildman–Crippen LogP) is 1.68. The van der Waals surface area contributed by atoms with Gasteiger partial charge in [0.2, 0.25) is 0 Å². The molecule has 2 rings (SSSR count). The lowest BCUT2D eigenvalue weighted by molar-refractivity contribution is -0.0110. The Hall–Kier alpha value is -0.0800. The first-order valence-electron chi connectivity index (χ1n) is 5.72. The molecule has 1 saturated carbocycles. The van der Waals surface area contributed by atoms with Gasteiger partial charge in [0.1, 0.15) is 0 Å². The largest absolute Gasteiger partial charge is 0.390 e. The van der Waals surface area contributed by atoms with E-state index in [0.29, 0.717) is 0 Å². The summed E-state index contributed by atoms with van der Waals surface area (Å²) in [5.74, 6) is 0.822. The molecule has 2 fully saturated rings. The van der Waals surface area contributed by atoms with Crippen molar-refractivity contribution in [2.24, 2.45) is 5.92 Å². The second kappa shape index (κ2) is 3.97. The molecule has 1 aliphatic carbocycles. The van der Waals surface area contributed by atoms with Gasteiger partial charge in [-0.15, -0.1) is 0 Å². The quantitative estimate of drug-likeness (QED) is 0.682. The van der Waals surface area contributed by atoms with Gasteiger partial charge in [-0.25, -0.2) is 0 Å². The summed E-state index contributed by atoms with van der Waals surface area (Å²) in [6.07, 6.45) is 8.48. The highest BCUT2D eigenvalue weighted by atomic mass is 16.3. The van der Waals surface area contributed by atoms with Gasteiger partial charge in [-0.05, 0) is 38.3 Å². The minimum Gasteiger partial charge on any atom is -0.390 e. The van der Waals surface area contributed by atoms with Gasteiger partial charge >= 0.3 is 0 Å². The standard InChI is InChI=1S/C11H21NO/c13-11(5-7-12-8-6-11)9-10-3-1-2-4-10/h10,12-13H,1-9H2. The van der Waals surface area contributed by atoms with E-state index >= 15 is 0 Å². The van der Waals surface area contributed by atoms with Gasteiger partial charge < -0.3 is 10.4 Å². The molecule has 1 saturated heterocycles. The van der Waals surface area contributed by atoms with E-state index in [1.165, 1.54) is 25.7 Å². The van der Waals surface area contributed by atoms with Crippen LogP contribution in [0.3, 0.4) is 0 Å². The summed E-state index contributed by atoms with van der Waals surface area (Å²) in [4.78, 5) is 0. The summed E-state index contributed by atoms with van der Waals surface area (Å²) in [6.45, 7) is 2.01. The molecule has 0 aromatic rings. The minimum absolute atomic E-state index is 0.319. The van der Waals surface area contributed by atoms with Crippen molar-refractivity contribution in [3.8, 4) is 0 Å². The maximum absolute atomic E-state index is 10.3. The summed E-state index contributed by atoms with van der Waals surface area (Å²) in [7, 11) is 0. The molecular weight excluding hydrogens is 162 g/mol. The van der Waals surface area contributed by atoms with Crippen molar-refractivity contribution in [1.82, 2.24) is 5.32 Å². The fourth-order valence-electron chi connectivity index (χ4n) is 2.85. The van der Waals surface area contributed by atoms with Crippen molar-refractivity contribution < 1.29 is 5.11 Å². The van der Waals surface area contributed by atoms with Crippen LogP contribution in [0.15, 0.2) is 0 Å². The van der Waals surface area contributed by atoms with E-state index in [0.717, 1.165) is 38.3 Å². The lowest BCUT2D eigenvalue weighted by Gasteiger charge is -2.34. The van der Waals surface area contributed by atoms with E-state index < -0.39 is 0 Å². The topological polar surface area (TPSA) is 32.3 Å². The predicted molar refractivity (Wildman–Crippen MR) is 53.6 cm³/mol. The van der Waals surface area contributed by atoms with Crippen molar-refractivity contribution >= 4 is 0 Å². The Bertz CT molecular complexity index is 157. The fraction of sp³-hybridized carbons (Fsp3) is 1.00. The average Bonchev–Trinajstić information content (AvgIpc) is 2.57. The van der Waals surface area contributed by atoms with Crippen LogP contribution in [0.5, 0.6) is 0 Å². The van der Waals surface area contributed by atoms with Crippen LogP contribution in [0.4, 0.5) is 0 Å². The van der Waals surface area contributed by atoms with Gasteiger partial charge in [-0.1, -0.05) is 25.7 Å². The lowest BCUT2D eigenvalue weighted by Crippen LogP contribution is -2.42. The Balaban J connectivity index is 1.83. The zero-order valence-electron chi connectivity index (χ0n) is 8.39. The smallest absolute Gasteiger partial charge is 0.0674 e. The SMILES string of the molecule is OC1(CC2CCCC2)CCNCC1. The average molecular weight is 183 g/mol. The summed E-state index contributed by atoms with van der Waals surface area (Å²) in [5.41, 5.74) is -0.319. The molecule has 0 spiro atoms. The number of piperidine rings is 1. The van der Waals surface area contributed by atoms with Crippen molar-refractivity contribution in [3.05, 3.63) is 0 Å². The van der Waals surface area contributed by atoms with Crippen LogP contribution in [-0.4, -0.2) is 23.8 Å². The molecule has 2 N–H and O–H groups in total. The van der Waals surface area contributed by atoms with E-state index in [2.05, 4.69) is 5.32 Å². The van der Waals surface area contributed by atoms with Crippen LogP contribution in [-0.2, 0) is 0 Å².